The molecule has 2 rings (SSSR count). The van der Waals surface area contributed by atoms with E-state index in [1.165, 1.54) is 13.1 Å². The molecule has 1 unspecified atom stereocenters. The van der Waals surface area contributed by atoms with Crippen LogP contribution in [0, 0.1) is 12.8 Å². The third-order valence-corrected chi connectivity index (χ3v) is 2.85. The predicted octanol–water partition coefficient (Wildman–Crippen LogP) is 1.23. The van der Waals surface area contributed by atoms with Gasteiger partial charge in [0.15, 0.2) is 0 Å². The SMILES string of the molecule is Cc1nccn1-c1ccc(NC(=O)C(C)C(=O)O)cn1. The topological polar surface area (TPSA) is 97.1 Å². The largest absolute Gasteiger partial charge is 0.481 e. The molecule has 2 N–H and O–H groups in total. The van der Waals surface area contributed by atoms with Gasteiger partial charge in [0.1, 0.15) is 17.6 Å². The third-order valence-electron chi connectivity index (χ3n) is 2.85. The first-order valence-electron chi connectivity index (χ1n) is 5.99. The first kappa shape index (κ1) is 13.7. The summed E-state index contributed by atoms with van der Waals surface area (Å²) in [5, 5.41) is 11.2. The fourth-order valence-electron chi connectivity index (χ4n) is 1.59. The molecule has 0 saturated carbocycles. The van der Waals surface area contributed by atoms with Crippen molar-refractivity contribution in [3.8, 4) is 5.82 Å². The van der Waals surface area contributed by atoms with Crippen LogP contribution in [0.5, 0.6) is 0 Å². The maximum Gasteiger partial charge on any atom is 0.315 e. The van der Waals surface area contributed by atoms with Crippen LogP contribution in [-0.4, -0.2) is 31.5 Å². The van der Waals surface area contributed by atoms with Crippen LogP contribution in [0.1, 0.15) is 12.7 Å². The summed E-state index contributed by atoms with van der Waals surface area (Å²) < 4.78 is 1.80. The lowest BCUT2D eigenvalue weighted by molar-refractivity contribution is -0.144. The molecule has 1 amide bonds. The van der Waals surface area contributed by atoms with Gasteiger partial charge in [0, 0.05) is 12.4 Å². The Morgan fingerprint density at radius 3 is 2.60 bits per heavy atom. The van der Waals surface area contributed by atoms with E-state index in [0.717, 1.165) is 5.82 Å². The number of aliphatic carboxylic acids is 1. The van der Waals surface area contributed by atoms with E-state index < -0.39 is 17.8 Å². The molecule has 20 heavy (non-hydrogen) atoms. The number of carbonyl (C=O) groups is 2. The van der Waals surface area contributed by atoms with E-state index in [1.54, 1.807) is 29.1 Å². The summed E-state index contributed by atoms with van der Waals surface area (Å²) in [7, 11) is 0. The summed E-state index contributed by atoms with van der Waals surface area (Å²) in [5.41, 5.74) is 0.449. The zero-order valence-corrected chi connectivity index (χ0v) is 11.1. The van der Waals surface area contributed by atoms with E-state index in [0.29, 0.717) is 11.5 Å². The fraction of sp³-hybridized carbons (Fsp3) is 0.231. The molecule has 2 aromatic heterocycles. The summed E-state index contributed by atoms with van der Waals surface area (Å²) in [6, 6.07) is 3.38. The summed E-state index contributed by atoms with van der Waals surface area (Å²) in [6.07, 6.45) is 4.92. The molecule has 0 aliphatic heterocycles. The van der Waals surface area contributed by atoms with Crippen molar-refractivity contribution in [1.82, 2.24) is 14.5 Å². The number of carbonyl (C=O) groups excluding carboxylic acids is 1. The predicted molar refractivity (Wildman–Crippen MR) is 71.5 cm³/mol. The van der Waals surface area contributed by atoms with E-state index in [-0.39, 0.29) is 0 Å². The highest BCUT2D eigenvalue weighted by Crippen LogP contribution is 2.12. The number of carboxylic acid groups (broad SMARTS) is 1. The van der Waals surface area contributed by atoms with Crippen molar-refractivity contribution < 1.29 is 14.7 Å². The number of anilines is 1. The van der Waals surface area contributed by atoms with Gasteiger partial charge in [-0.15, -0.1) is 0 Å². The van der Waals surface area contributed by atoms with Crippen molar-refractivity contribution in [1.29, 1.82) is 0 Å². The molecule has 104 valence electrons. The minimum absolute atomic E-state index is 0.449. The van der Waals surface area contributed by atoms with Crippen LogP contribution in [0.25, 0.3) is 5.82 Å². The van der Waals surface area contributed by atoms with Crippen LogP contribution in [0.4, 0.5) is 5.69 Å². The number of hydrogen-bond acceptors (Lipinski definition) is 4. The van der Waals surface area contributed by atoms with Crippen molar-refractivity contribution in [2.24, 2.45) is 5.92 Å². The van der Waals surface area contributed by atoms with Crippen molar-refractivity contribution in [3.05, 3.63) is 36.5 Å². The molecule has 1 atom stereocenters. The Morgan fingerprint density at radius 2 is 2.10 bits per heavy atom. The number of nitrogens with zero attached hydrogens (tertiary/aromatic N) is 3. The van der Waals surface area contributed by atoms with E-state index in [2.05, 4.69) is 15.3 Å². The summed E-state index contributed by atoms with van der Waals surface area (Å²) in [5.74, 6) is -1.38. The number of nitrogens with one attached hydrogen (secondary N) is 1. The summed E-state index contributed by atoms with van der Waals surface area (Å²) in [4.78, 5) is 30.6. The molecule has 2 aromatic rings. The lowest BCUT2D eigenvalue weighted by Gasteiger charge is -2.09. The molecular formula is C13H14N4O3. The molecular weight excluding hydrogens is 260 g/mol. The summed E-state index contributed by atoms with van der Waals surface area (Å²) in [6.45, 7) is 3.18. The number of pyridine rings is 1. The first-order chi connectivity index (χ1) is 9.49. The minimum Gasteiger partial charge on any atom is -0.481 e. The van der Waals surface area contributed by atoms with Crippen LogP contribution in [0.3, 0.4) is 0 Å². The van der Waals surface area contributed by atoms with Crippen LogP contribution >= 0.6 is 0 Å². The Kier molecular flexibility index (Phi) is 3.79. The molecule has 0 radical (unpaired) electrons. The third kappa shape index (κ3) is 2.82. The van der Waals surface area contributed by atoms with Crippen molar-refractivity contribution in [2.75, 3.05) is 5.32 Å². The smallest absolute Gasteiger partial charge is 0.315 e. The van der Waals surface area contributed by atoms with E-state index in [4.69, 9.17) is 5.11 Å². The Morgan fingerprint density at radius 1 is 1.35 bits per heavy atom. The van der Waals surface area contributed by atoms with Gasteiger partial charge >= 0.3 is 5.97 Å². The number of aryl methyl sites for hydroxylation is 1. The van der Waals surface area contributed by atoms with Gasteiger partial charge in [-0.1, -0.05) is 0 Å². The molecule has 7 nitrogen and oxygen atoms in total. The molecule has 0 saturated heterocycles. The van der Waals surface area contributed by atoms with Gasteiger partial charge in [0.2, 0.25) is 5.91 Å². The second-order valence-electron chi connectivity index (χ2n) is 4.30. The highest BCUT2D eigenvalue weighted by molar-refractivity contribution is 6.03. The first-order valence-corrected chi connectivity index (χ1v) is 5.99. The number of hydrogen-bond donors (Lipinski definition) is 2. The maximum atomic E-state index is 11.6. The van der Waals surface area contributed by atoms with Gasteiger partial charge in [-0.05, 0) is 26.0 Å². The average Bonchev–Trinajstić information content (AvgIpc) is 2.85. The molecule has 0 bridgehead atoms. The van der Waals surface area contributed by atoms with E-state index in [1.807, 2.05) is 6.92 Å². The van der Waals surface area contributed by atoms with E-state index in [9.17, 15) is 9.59 Å². The van der Waals surface area contributed by atoms with Gasteiger partial charge in [0.25, 0.3) is 0 Å². The van der Waals surface area contributed by atoms with Gasteiger partial charge < -0.3 is 10.4 Å². The van der Waals surface area contributed by atoms with Gasteiger partial charge in [0.05, 0.1) is 11.9 Å². The lowest BCUT2D eigenvalue weighted by Crippen LogP contribution is -2.26. The Bertz CT molecular complexity index is 633. The van der Waals surface area contributed by atoms with Crippen molar-refractivity contribution in [3.63, 3.8) is 0 Å². The fourth-order valence-corrected chi connectivity index (χ4v) is 1.59. The zero-order chi connectivity index (χ0) is 14.7. The molecule has 7 heteroatoms. The summed E-state index contributed by atoms with van der Waals surface area (Å²) >= 11 is 0. The van der Waals surface area contributed by atoms with Crippen molar-refractivity contribution >= 4 is 17.6 Å². The van der Waals surface area contributed by atoms with E-state index >= 15 is 0 Å². The Labute approximate surface area is 115 Å². The van der Waals surface area contributed by atoms with Crippen LogP contribution in [0.2, 0.25) is 0 Å². The van der Waals surface area contributed by atoms with Gasteiger partial charge in [-0.2, -0.15) is 0 Å². The second kappa shape index (κ2) is 5.52. The van der Waals surface area contributed by atoms with Gasteiger partial charge in [-0.25, -0.2) is 9.97 Å². The molecule has 0 spiro atoms. The number of carboxylic acids is 1. The number of imidazole rings is 1. The molecule has 0 aromatic carbocycles. The molecule has 0 aliphatic carbocycles. The second-order valence-corrected chi connectivity index (χ2v) is 4.30. The standard InChI is InChI=1S/C13H14N4O3/c1-8(13(19)20)12(18)16-10-3-4-11(15-7-10)17-6-5-14-9(17)2/h3-8H,1-2H3,(H,16,18)(H,19,20). The Balaban J connectivity index is 2.11. The monoisotopic (exact) mass is 274 g/mol. The number of aromatic nitrogens is 3. The average molecular weight is 274 g/mol. The maximum absolute atomic E-state index is 11.6. The highest BCUT2D eigenvalue weighted by Gasteiger charge is 2.20. The van der Waals surface area contributed by atoms with Crippen LogP contribution in [0.15, 0.2) is 30.7 Å². The van der Waals surface area contributed by atoms with Crippen LogP contribution < -0.4 is 5.32 Å². The number of rotatable bonds is 4. The lowest BCUT2D eigenvalue weighted by atomic mass is 10.1. The van der Waals surface area contributed by atoms with Crippen LogP contribution in [-0.2, 0) is 9.59 Å². The molecule has 2 heterocycles. The number of amides is 1. The highest BCUT2D eigenvalue weighted by atomic mass is 16.4. The molecule has 0 aliphatic rings. The Hall–Kier alpha value is -2.70. The van der Waals surface area contributed by atoms with Gasteiger partial charge in [-0.3, -0.25) is 14.2 Å². The van der Waals surface area contributed by atoms with Crippen molar-refractivity contribution in [2.45, 2.75) is 13.8 Å². The quantitative estimate of drug-likeness (QED) is 0.817. The zero-order valence-electron chi connectivity index (χ0n) is 11.1. The molecule has 0 fully saturated rings. The minimum atomic E-state index is -1.17. The normalized spacial score (nSPS) is 11.9.